The van der Waals surface area contributed by atoms with Gasteiger partial charge >= 0.3 is 18.0 Å². The van der Waals surface area contributed by atoms with Gasteiger partial charge in [0.2, 0.25) is 15.7 Å². The number of benzene rings is 1. The number of rotatable bonds is 4. The highest BCUT2D eigenvalue weighted by Gasteiger charge is 2.74. The maximum absolute atomic E-state index is 14.9. The molecular formula is C25H23F7N2O5S2. The van der Waals surface area contributed by atoms with Gasteiger partial charge in [-0.3, -0.25) is 4.79 Å². The van der Waals surface area contributed by atoms with Crippen molar-refractivity contribution >= 4 is 25.6 Å². The summed E-state index contributed by atoms with van der Waals surface area (Å²) in [5, 5.41) is -0.426. The Hall–Kier alpha value is -2.75. The molecule has 3 heterocycles. The lowest BCUT2D eigenvalue weighted by atomic mass is 9.76. The second-order valence-corrected chi connectivity index (χ2v) is 14.9. The zero-order valence-electron chi connectivity index (χ0n) is 21.0. The van der Waals surface area contributed by atoms with Gasteiger partial charge in [0.25, 0.3) is 0 Å². The summed E-state index contributed by atoms with van der Waals surface area (Å²) in [7, 11) is -8.03. The average Bonchev–Trinajstić information content (AvgIpc) is 3.47. The first-order valence-electron chi connectivity index (χ1n) is 12.5. The van der Waals surface area contributed by atoms with Gasteiger partial charge in [-0.2, -0.15) is 26.3 Å². The molecule has 2 aromatic rings. The van der Waals surface area contributed by atoms with Crippen molar-refractivity contribution in [2.24, 2.45) is 5.92 Å². The van der Waals surface area contributed by atoms with Crippen LogP contribution in [0.5, 0.6) is 0 Å². The monoisotopic (exact) mass is 628 g/mol. The number of amides is 1. The van der Waals surface area contributed by atoms with Crippen LogP contribution in [-0.4, -0.2) is 69.1 Å². The summed E-state index contributed by atoms with van der Waals surface area (Å²) in [6.45, 7) is -0.161. The minimum atomic E-state index is -6.35. The first kappa shape index (κ1) is 29.7. The van der Waals surface area contributed by atoms with Gasteiger partial charge in [0.15, 0.2) is 14.9 Å². The van der Waals surface area contributed by atoms with Gasteiger partial charge in [-0.1, -0.05) is 24.3 Å². The maximum Gasteiger partial charge on any atom is 0.435 e. The van der Waals surface area contributed by atoms with Gasteiger partial charge in [-0.05, 0) is 48.9 Å². The van der Waals surface area contributed by atoms with Crippen molar-refractivity contribution in [1.29, 1.82) is 0 Å². The Morgan fingerprint density at radius 2 is 1.68 bits per heavy atom. The van der Waals surface area contributed by atoms with Crippen molar-refractivity contribution in [3.05, 3.63) is 59.3 Å². The van der Waals surface area contributed by atoms with Crippen molar-refractivity contribution in [3.63, 3.8) is 0 Å². The molecule has 1 amide bonds. The van der Waals surface area contributed by atoms with Crippen LogP contribution in [0, 0.1) is 5.92 Å². The third-order valence-corrected chi connectivity index (χ3v) is 12.5. The molecule has 0 radical (unpaired) electrons. The summed E-state index contributed by atoms with van der Waals surface area (Å²) >= 11 is 0. The predicted molar refractivity (Wildman–Crippen MR) is 130 cm³/mol. The number of hydrogen-bond acceptors (Lipinski definition) is 6. The third-order valence-electron chi connectivity index (χ3n) is 8.32. The van der Waals surface area contributed by atoms with Crippen molar-refractivity contribution in [3.8, 4) is 0 Å². The molecule has 0 saturated carbocycles. The molecule has 1 aromatic carbocycles. The van der Waals surface area contributed by atoms with Crippen molar-refractivity contribution in [2.45, 2.75) is 59.5 Å². The van der Waals surface area contributed by atoms with Gasteiger partial charge in [0.05, 0.1) is 23.5 Å². The van der Waals surface area contributed by atoms with E-state index in [-0.39, 0.29) is 55.2 Å². The van der Waals surface area contributed by atoms with E-state index in [9.17, 15) is 52.4 Å². The highest BCUT2D eigenvalue weighted by atomic mass is 32.2. The number of pyridine rings is 1. The lowest BCUT2D eigenvalue weighted by molar-refractivity contribution is -0.348. The largest absolute Gasteiger partial charge is 0.435 e. The fourth-order valence-corrected chi connectivity index (χ4v) is 10.4. The standard InChI is InChI=1S/C25H23F7N2O5S2/c26-23(24(27,28)29,25(30,31)32)17-5-6-18-15(13-17)4-7-19-22(18,41(38,39)20-3-1-2-10-33-20)9-11-34(19)21(35)16-8-12-40(36,37)14-16/h1-3,5-6,10,13,16,19H,4,7-9,11-12,14H2/t16-,19?,22?/m1/s1. The molecule has 1 aromatic heterocycles. The van der Waals surface area contributed by atoms with E-state index < -0.39 is 76.7 Å². The molecule has 5 rings (SSSR count). The smallest absolute Gasteiger partial charge is 0.337 e. The van der Waals surface area contributed by atoms with Crippen LogP contribution in [0.25, 0.3) is 0 Å². The summed E-state index contributed by atoms with van der Waals surface area (Å²) in [6, 6.07) is 4.32. The summed E-state index contributed by atoms with van der Waals surface area (Å²) in [5.41, 5.74) is -7.82. The van der Waals surface area contributed by atoms with E-state index in [1.807, 2.05) is 0 Å². The van der Waals surface area contributed by atoms with Gasteiger partial charge in [-0.25, -0.2) is 26.2 Å². The number of likely N-dealkylation sites (tertiary alicyclic amines) is 1. The zero-order chi connectivity index (χ0) is 30.2. The lowest BCUT2D eigenvalue weighted by Gasteiger charge is -2.43. The van der Waals surface area contributed by atoms with Crippen LogP contribution < -0.4 is 0 Å². The number of fused-ring (bicyclic) bond motifs is 3. The van der Waals surface area contributed by atoms with Crippen molar-refractivity contribution in [1.82, 2.24) is 9.88 Å². The quantitative estimate of drug-likeness (QED) is 0.475. The molecule has 0 N–H and O–H groups in total. The van der Waals surface area contributed by atoms with E-state index >= 15 is 0 Å². The van der Waals surface area contributed by atoms with Crippen molar-refractivity contribution < 1.29 is 52.4 Å². The molecule has 2 aliphatic heterocycles. The molecule has 2 unspecified atom stereocenters. The second kappa shape index (κ2) is 9.38. The Morgan fingerprint density at radius 1 is 1.00 bits per heavy atom. The molecule has 224 valence electrons. The summed E-state index contributed by atoms with van der Waals surface area (Å²) < 4.78 is 146. The second-order valence-electron chi connectivity index (χ2n) is 10.5. The van der Waals surface area contributed by atoms with Gasteiger partial charge in [0, 0.05) is 18.3 Å². The lowest BCUT2D eigenvalue weighted by Crippen LogP contribution is -2.53. The fraction of sp³-hybridized carbons (Fsp3) is 0.520. The third kappa shape index (κ3) is 4.34. The Kier molecular flexibility index (Phi) is 6.80. The molecule has 3 aliphatic rings. The van der Waals surface area contributed by atoms with Crippen LogP contribution in [0.15, 0.2) is 47.6 Å². The number of sulfone groups is 2. The van der Waals surface area contributed by atoms with Gasteiger partial charge in [0.1, 0.15) is 4.75 Å². The van der Waals surface area contributed by atoms with Crippen LogP contribution in [0.3, 0.4) is 0 Å². The van der Waals surface area contributed by atoms with Crippen molar-refractivity contribution in [2.75, 3.05) is 18.1 Å². The van der Waals surface area contributed by atoms with Crippen LogP contribution >= 0.6 is 0 Å². The molecular weight excluding hydrogens is 605 g/mol. The number of alkyl halides is 7. The molecule has 41 heavy (non-hydrogen) atoms. The highest BCUT2D eigenvalue weighted by Crippen LogP contribution is 2.56. The molecule has 0 bridgehead atoms. The van der Waals surface area contributed by atoms with E-state index in [1.165, 1.54) is 29.3 Å². The van der Waals surface area contributed by atoms with Crippen LogP contribution in [0.1, 0.15) is 36.0 Å². The van der Waals surface area contributed by atoms with Crippen LogP contribution in [0.2, 0.25) is 0 Å². The Labute approximate surface area is 230 Å². The normalized spacial score (nSPS) is 26.5. The number of carbonyl (C=O) groups excluding carboxylic acids is 1. The first-order chi connectivity index (χ1) is 18.9. The molecule has 7 nitrogen and oxygen atoms in total. The molecule has 1 aliphatic carbocycles. The van der Waals surface area contributed by atoms with E-state index in [0.717, 1.165) is 6.07 Å². The Morgan fingerprint density at radius 3 is 2.24 bits per heavy atom. The first-order valence-corrected chi connectivity index (χ1v) is 15.8. The van der Waals surface area contributed by atoms with E-state index in [2.05, 4.69) is 4.98 Å². The van der Waals surface area contributed by atoms with E-state index in [4.69, 9.17) is 0 Å². The Bertz CT molecular complexity index is 1580. The zero-order valence-corrected chi connectivity index (χ0v) is 22.7. The number of aromatic nitrogens is 1. The highest BCUT2D eigenvalue weighted by molar-refractivity contribution is 7.92. The molecule has 0 spiro atoms. The number of halogens is 7. The molecule has 2 saturated heterocycles. The topological polar surface area (TPSA) is 101 Å². The number of nitrogens with zero attached hydrogens (tertiary/aromatic N) is 2. The maximum atomic E-state index is 14.9. The summed E-state index contributed by atoms with van der Waals surface area (Å²) in [4.78, 5) is 18.6. The Balaban J connectivity index is 1.67. The number of aryl methyl sites for hydroxylation is 1. The minimum Gasteiger partial charge on any atom is -0.337 e. The number of carbonyl (C=O) groups is 1. The van der Waals surface area contributed by atoms with Crippen LogP contribution in [0.4, 0.5) is 30.7 Å². The van der Waals surface area contributed by atoms with E-state index in [1.54, 1.807) is 0 Å². The fourth-order valence-electron chi connectivity index (χ4n) is 6.41. The minimum absolute atomic E-state index is 0.0395. The summed E-state index contributed by atoms with van der Waals surface area (Å²) in [6.07, 6.45) is -12.2. The van der Waals surface area contributed by atoms with Crippen LogP contribution in [-0.2, 0) is 41.3 Å². The van der Waals surface area contributed by atoms with Gasteiger partial charge < -0.3 is 4.90 Å². The van der Waals surface area contributed by atoms with Gasteiger partial charge in [-0.15, -0.1) is 0 Å². The summed E-state index contributed by atoms with van der Waals surface area (Å²) in [5.74, 6) is -2.13. The van der Waals surface area contributed by atoms with E-state index in [0.29, 0.717) is 6.07 Å². The molecule has 2 fully saturated rings. The molecule has 3 atom stereocenters. The SMILES string of the molecule is O=C([C@@H]1CCS(=O)(=O)C1)N1CCC2(S(=O)(=O)c3ccccn3)c3ccc(C(F)(C(F)(F)F)C(F)(F)F)cc3CCC12. The predicted octanol–water partition coefficient (Wildman–Crippen LogP) is 4.02. The number of hydrogen-bond donors (Lipinski definition) is 0. The average molecular weight is 629 g/mol. The molecule has 16 heteroatoms.